The lowest BCUT2D eigenvalue weighted by atomic mass is 10.1. The van der Waals surface area contributed by atoms with E-state index in [2.05, 4.69) is 0 Å². The molecule has 8 heteroatoms. The lowest BCUT2D eigenvalue weighted by Gasteiger charge is -2.17. The second kappa shape index (κ2) is 15.3. The van der Waals surface area contributed by atoms with Crippen LogP contribution in [0, 0.1) is 0 Å². The molecule has 0 atom stereocenters. The largest absolute Gasteiger partial charge is 0.490 e. The Kier molecular flexibility index (Phi) is 10.2. The van der Waals surface area contributed by atoms with Crippen LogP contribution in [0.2, 0.25) is 0 Å². The summed E-state index contributed by atoms with van der Waals surface area (Å²) in [5.41, 5.74) is 3.00. The summed E-state index contributed by atoms with van der Waals surface area (Å²) in [6.07, 6.45) is -0.267. The highest BCUT2D eigenvalue weighted by atomic mass is 16.5. The molecule has 0 amide bonds. The smallest absolute Gasteiger partial charge is 0.308 e. The standard InChI is InChI=1S/C41H36O8/c1-27(2)47-36-22-33(44-24-29-13-7-4-8-14-29)23-37-38(36)39(43)41(48-28(3)42)40(49-37)32-19-20-34(45-25-30-15-9-5-10-16-30)35(21-32)46-26-31-17-11-6-12-18-31/h4-23,27H,24-26H2,1-3H3. The molecule has 6 rings (SSSR count). The molecule has 6 aromatic rings. The second-order valence-electron chi connectivity index (χ2n) is 11.6. The maximum atomic E-state index is 14.2. The minimum atomic E-state index is -0.676. The van der Waals surface area contributed by atoms with E-state index < -0.39 is 11.4 Å². The van der Waals surface area contributed by atoms with E-state index in [9.17, 15) is 9.59 Å². The molecule has 0 spiro atoms. The van der Waals surface area contributed by atoms with E-state index in [0.717, 1.165) is 16.7 Å². The predicted molar refractivity (Wildman–Crippen MR) is 187 cm³/mol. The SMILES string of the molecule is CC(=O)Oc1c(-c2ccc(OCc3ccccc3)c(OCc3ccccc3)c2)oc2cc(OCc3ccccc3)cc(OC(C)C)c2c1=O. The number of fused-ring (bicyclic) bond motifs is 1. The van der Waals surface area contributed by atoms with Crippen LogP contribution in [-0.4, -0.2) is 12.1 Å². The summed E-state index contributed by atoms with van der Waals surface area (Å²) in [4.78, 5) is 26.5. The lowest BCUT2D eigenvalue weighted by molar-refractivity contribution is -0.132. The molecule has 248 valence electrons. The fourth-order valence-corrected chi connectivity index (χ4v) is 5.19. The number of ether oxygens (including phenoxy) is 5. The van der Waals surface area contributed by atoms with Crippen molar-refractivity contribution in [2.24, 2.45) is 0 Å². The van der Waals surface area contributed by atoms with Crippen molar-refractivity contribution in [1.82, 2.24) is 0 Å². The normalized spacial score (nSPS) is 10.9. The highest BCUT2D eigenvalue weighted by molar-refractivity contribution is 5.89. The third kappa shape index (κ3) is 8.29. The molecule has 0 fully saturated rings. The van der Waals surface area contributed by atoms with E-state index >= 15 is 0 Å². The van der Waals surface area contributed by atoms with Gasteiger partial charge in [-0.15, -0.1) is 0 Å². The summed E-state index contributed by atoms with van der Waals surface area (Å²) in [5, 5.41) is 0.129. The summed E-state index contributed by atoms with van der Waals surface area (Å²) in [5.74, 6) is 0.702. The minimum absolute atomic E-state index is 0.0441. The van der Waals surface area contributed by atoms with Crippen molar-refractivity contribution in [2.45, 2.75) is 46.7 Å². The Labute approximate surface area is 284 Å². The Morgan fingerprint density at radius 3 is 1.76 bits per heavy atom. The van der Waals surface area contributed by atoms with Gasteiger partial charge in [0, 0.05) is 24.6 Å². The molecule has 0 aliphatic heterocycles. The summed E-state index contributed by atoms with van der Waals surface area (Å²) in [6.45, 7) is 5.81. The van der Waals surface area contributed by atoms with E-state index in [1.165, 1.54) is 6.92 Å². The Hall–Kier alpha value is -6.02. The van der Waals surface area contributed by atoms with E-state index in [1.54, 1.807) is 30.3 Å². The second-order valence-corrected chi connectivity index (χ2v) is 11.6. The summed E-state index contributed by atoms with van der Waals surface area (Å²) >= 11 is 0. The van der Waals surface area contributed by atoms with E-state index in [1.807, 2.05) is 105 Å². The van der Waals surface area contributed by atoms with E-state index in [-0.39, 0.29) is 40.9 Å². The van der Waals surface area contributed by atoms with Crippen LogP contribution in [0.4, 0.5) is 0 Å². The van der Waals surface area contributed by atoms with Crippen molar-refractivity contribution in [3.05, 3.63) is 148 Å². The number of hydrogen-bond donors (Lipinski definition) is 0. The number of carbonyl (C=O) groups is 1. The summed E-state index contributed by atoms with van der Waals surface area (Å²) in [6, 6.07) is 37.7. The van der Waals surface area contributed by atoms with Gasteiger partial charge in [-0.05, 0) is 48.7 Å². The maximum absolute atomic E-state index is 14.2. The van der Waals surface area contributed by atoms with Crippen LogP contribution in [0.5, 0.6) is 28.7 Å². The van der Waals surface area contributed by atoms with Gasteiger partial charge in [-0.3, -0.25) is 9.59 Å². The quantitative estimate of drug-likeness (QED) is 0.114. The first-order chi connectivity index (χ1) is 23.8. The molecule has 0 unspecified atom stereocenters. The van der Waals surface area contributed by atoms with Crippen molar-refractivity contribution in [3.63, 3.8) is 0 Å². The van der Waals surface area contributed by atoms with Crippen LogP contribution in [-0.2, 0) is 24.6 Å². The van der Waals surface area contributed by atoms with Crippen LogP contribution in [0.1, 0.15) is 37.5 Å². The molecule has 0 saturated carbocycles. The molecule has 0 N–H and O–H groups in total. The molecular weight excluding hydrogens is 620 g/mol. The van der Waals surface area contributed by atoms with Gasteiger partial charge in [-0.2, -0.15) is 0 Å². The molecular formula is C41H36O8. The highest BCUT2D eigenvalue weighted by Gasteiger charge is 2.24. The molecule has 0 aliphatic carbocycles. The fourth-order valence-electron chi connectivity index (χ4n) is 5.19. The van der Waals surface area contributed by atoms with Gasteiger partial charge >= 0.3 is 5.97 Å². The van der Waals surface area contributed by atoms with Crippen LogP contribution >= 0.6 is 0 Å². The van der Waals surface area contributed by atoms with Crippen LogP contribution in [0.3, 0.4) is 0 Å². The van der Waals surface area contributed by atoms with Gasteiger partial charge in [0.05, 0.1) is 6.10 Å². The highest BCUT2D eigenvalue weighted by Crippen LogP contribution is 2.40. The zero-order valence-electron chi connectivity index (χ0n) is 27.5. The predicted octanol–water partition coefficient (Wildman–Crippen LogP) is 8.91. The zero-order chi connectivity index (χ0) is 34.2. The zero-order valence-corrected chi connectivity index (χ0v) is 27.5. The fraction of sp³-hybridized carbons (Fsp3) is 0.171. The Balaban J connectivity index is 1.45. The van der Waals surface area contributed by atoms with Crippen molar-refractivity contribution < 1.29 is 32.9 Å². The van der Waals surface area contributed by atoms with Crippen LogP contribution in [0.25, 0.3) is 22.3 Å². The minimum Gasteiger partial charge on any atom is -0.490 e. The van der Waals surface area contributed by atoms with Crippen LogP contribution < -0.4 is 29.1 Å². The van der Waals surface area contributed by atoms with Crippen LogP contribution in [0.15, 0.2) is 131 Å². The third-order valence-electron chi connectivity index (χ3n) is 7.43. The van der Waals surface area contributed by atoms with Gasteiger partial charge in [0.15, 0.2) is 17.3 Å². The number of hydrogen-bond acceptors (Lipinski definition) is 8. The molecule has 1 aromatic heterocycles. The van der Waals surface area contributed by atoms with Gasteiger partial charge in [-0.1, -0.05) is 91.0 Å². The monoisotopic (exact) mass is 656 g/mol. The first-order valence-corrected chi connectivity index (χ1v) is 16.0. The number of rotatable bonds is 13. The molecule has 1 heterocycles. The van der Waals surface area contributed by atoms with E-state index in [4.69, 9.17) is 28.1 Å². The van der Waals surface area contributed by atoms with Crippen molar-refractivity contribution in [3.8, 4) is 40.1 Å². The first-order valence-electron chi connectivity index (χ1n) is 16.0. The van der Waals surface area contributed by atoms with Gasteiger partial charge in [-0.25, -0.2) is 0 Å². The average molecular weight is 657 g/mol. The van der Waals surface area contributed by atoms with E-state index in [0.29, 0.717) is 36.0 Å². The number of benzene rings is 5. The summed E-state index contributed by atoms with van der Waals surface area (Å²) < 4.78 is 36.6. The Morgan fingerprint density at radius 1 is 0.653 bits per heavy atom. The van der Waals surface area contributed by atoms with Gasteiger partial charge in [0.25, 0.3) is 0 Å². The first kappa shape index (κ1) is 32.9. The lowest BCUT2D eigenvalue weighted by Crippen LogP contribution is -2.15. The van der Waals surface area contributed by atoms with Gasteiger partial charge in [0.1, 0.15) is 42.3 Å². The third-order valence-corrected chi connectivity index (χ3v) is 7.43. The number of esters is 1. The van der Waals surface area contributed by atoms with Crippen molar-refractivity contribution in [1.29, 1.82) is 0 Å². The summed E-state index contributed by atoms with van der Waals surface area (Å²) in [7, 11) is 0. The van der Waals surface area contributed by atoms with Crippen molar-refractivity contribution in [2.75, 3.05) is 0 Å². The molecule has 8 nitrogen and oxygen atoms in total. The average Bonchev–Trinajstić information content (AvgIpc) is 3.11. The Bertz CT molecular complexity index is 2090. The topological polar surface area (TPSA) is 93.4 Å². The molecule has 0 bridgehead atoms. The molecule has 0 aliphatic rings. The van der Waals surface area contributed by atoms with Crippen molar-refractivity contribution >= 4 is 16.9 Å². The van der Waals surface area contributed by atoms with Gasteiger partial charge in [0.2, 0.25) is 11.2 Å². The molecule has 49 heavy (non-hydrogen) atoms. The van der Waals surface area contributed by atoms with Gasteiger partial charge < -0.3 is 28.1 Å². The Morgan fingerprint density at radius 2 is 1.20 bits per heavy atom. The molecule has 0 radical (unpaired) electrons. The molecule has 5 aromatic carbocycles. The molecule has 0 saturated heterocycles. The number of carbonyl (C=O) groups excluding carboxylic acids is 1. The maximum Gasteiger partial charge on any atom is 0.308 e.